The molecular formula is C21H25N3O2. The average molecular weight is 351 g/mol. The Morgan fingerprint density at radius 3 is 2.35 bits per heavy atom. The Balaban J connectivity index is 1.70. The molecular weight excluding hydrogens is 326 g/mol. The highest BCUT2D eigenvalue weighted by Crippen LogP contribution is 2.25. The second kappa shape index (κ2) is 8.04. The monoisotopic (exact) mass is 351 g/mol. The lowest BCUT2D eigenvalue weighted by molar-refractivity contribution is -0.114. The van der Waals surface area contributed by atoms with E-state index in [0.29, 0.717) is 17.8 Å². The van der Waals surface area contributed by atoms with E-state index in [1.165, 1.54) is 31.0 Å². The third-order valence-corrected chi connectivity index (χ3v) is 4.64. The zero-order valence-corrected chi connectivity index (χ0v) is 15.4. The van der Waals surface area contributed by atoms with Crippen LogP contribution in [0.3, 0.4) is 0 Å². The summed E-state index contributed by atoms with van der Waals surface area (Å²) in [6.45, 7) is 4.20. The van der Waals surface area contributed by atoms with E-state index < -0.39 is 0 Å². The number of rotatable bonds is 5. The summed E-state index contributed by atoms with van der Waals surface area (Å²) in [5, 5.41) is 2.71. The minimum absolute atomic E-state index is 0.0319. The van der Waals surface area contributed by atoms with Crippen molar-refractivity contribution < 1.29 is 9.59 Å². The van der Waals surface area contributed by atoms with E-state index in [-0.39, 0.29) is 11.8 Å². The van der Waals surface area contributed by atoms with Crippen molar-refractivity contribution >= 4 is 23.2 Å². The Kier molecular flexibility index (Phi) is 5.56. The molecule has 5 nitrogen and oxygen atoms in total. The smallest absolute Gasteiger partial charge is 0.253 e. The Hall–Kier alpha value is -2.82. The van der Waals surface area contributed by atoms with Crippen molar-refractivity contribution in [3.63, 3.8) is 0 Å². The molecule has 0 spiro atoms. The van der Waals surface area contributed by atoms with Crippen LogP contribution in [0.2, 0.25) is 0 Å². The molecule has 3 rings (SSSR count). The number of carbonyl (C=O) groups is 2. The van der Waals surface area contributed by atoms with Gasteiger partial charge in [0.25, 0.3) is 5.91 Å². The number of carbonyl (C=O) groups excluding carboxylic acids is 2. The van der Waals surface area contributed by atoms with Gasteiger partial charge in [0.2, 0.25) is 5.91 Å². The molecule has 0 unspecified atom stereocenters. The number of para-hydroxylation sites is 1. The van der Waals surface area contributed by atoms with Gasteiger partial charge in [-0.1, -0.05) is 18.2 Å². The van der Waals surface area contributed by atoms with Crippen LogP contribution in [-0.2, 0) is 11.3 Å². The number of anilines is 2. The van der Waals surface area contributed by atoms with Gasteiger partial charge in [0.15, 0.2) is 0 Å². The number of hydrogen-bond acceptors (Lipinski definition) is 3. The van der Waals surface area contributed by atoms with Gasteiger partial charge in [0.05, 0.1) is 0 Å². The molecule has 0 radical (unpaired) electrons. The maximum absolute atomic E-state index is 12.7. The van der Waals surface area contributed by atoms with Crippen molar-refractivity contribution in [3.8, 4) is 0 Å². The van der Waals surface area contributed by atoms with Crippen molar-refractivity contribution in [2.75, 3.05) is 30.4 Å². The highest BCUT2D eigenvalue weighted by molar-refractivity contribution is 5.95. The Morgan fingerprint density at radius 1 is 1.04 bits per heavy atom. The Bertz CT molecular complexity index is 780. The van der Waals surface area contributed by atoms with Gasteiger partial charge in [0.1, 0.15) is 0 Å². The topological polar surface area (TPSA) is 52.7 Å². The van der Waals surface area contributed by atoms with Gasteiger partial charge in [-0.15, -0.1) is 0 Å². The maximum Gasteiger partial charge on any atom is 0.253 e. The van der Waals surface area contributed by atoms with Crippen LogP contribution < -0.4 is 10.2 Å². The summed E-state index contributed by atoms with van der Waals surface area (Å²) in [4.78, 5) is 28.0. The second-order valence-electron chi connectivity index (χ2n) is 6.74. The van der Waals surface area contributed by atoms with E-state index in [1.807, 2.05) is 13.1 Å². The predicted molar refractivity (Wildman–Crippen MR) is 104 cm³/mol. The highest BCUT2D eigenvalue weighted by Gasteiger charge is 2.18. The number of nitrogens with one attached hydrogen (secondary N) is 1. The number of hydrogen-bond donors (Lipinski definition) is 1. The molecule has 1 fully saturated rings. The van der Waals surface area contributed by atoms with E-state index >= 15 is 0 Å². The van der Waals surface area contributed by atoms with Crippen LogP contribution >= 0.6 is 0 Å². The molecule has 2 aromatic carbocycles. The minimum Gasteiger partial charge on any atom is -0.371 e. The first-order valence-electron chi connectivity index (χ1n) is 9.00. The van der Waals surface area contributed by atoms with Crippen molar-refractivity contribution in [2.24, 2.45) is 0 Å². The standard InChI is InChI=1S/C21H25N3O2/c1-16(25)22-19-11-9-17(10-12-19)21(26)23(2)15-18-7-3-4-8-20(18)24-13-5-6-14-24/h3-4,7-12H,5-6,13-15H2,1-2H3,(H,22,25). The SMILES string of the molecule is CC(=O)Nc1ccc(C(=O)N(C)Cc2ccccc2N2CCCC2)cc1. The van der Waals surface area contributed by atoms with Crippen LogP contribution in [0.4, 0.5) is 11.4 Å². The molecule has 26 heavy (non-hydrogen) atoms. The van der Waals surface area contributed by atoms with E-state index in [9.17, 15) is 9.59 Å². The Labute approximate surface area is 154 Å². The molecule has 2 amide bonds. The van der Waals surface area contributed by atoms with Crippen LogP contribution in [0.5, 0.6) is 0 Å². The fourth-order valence-electron chi connectivity index (χ4n) is 3.36. The van der Waals surface area contributed by atoms with Gasteiger partial charge in [-0.25, -0.2) is 0 Å². The normalized spacial score (nSPS) is 13.5. The molecule has 0 aromatic heterocycles. The summed E-state index contributed by atoms with van der Waals surface area (Å²) in [7, 11) is 1.82. The molecule has 136 valence electrons. The third-order valence-electron chi connectivity index (χ3n) is 4.64. The molecule has 0 saturated carbocycles. The first-order valence-corrected chi connectivity index (χ1v) is 9.00. The van der Waals surface area contributed by atoms with Gasteiger partial charge in [-0.2, -0.15) is 0 Å². The molecule has 1 heterocycles. The maximum atomic E-state index is 12.7. The highest BCUT2D eigenvalue weighted by atomic mass is 16.2. The number of amides is 2. The van der Waals surface area contributed by atoms with E-state index in [0.717, 1.165) is 13.1 Å². The summed E-state index contributed by atoms with van der Waals surface area (Å²) in [6.07, 6.45) is 2.45. The van der Waals surface area contributed by atoms with Gasteiger partial charge in [-0.05, 0) is 48.7 Å². The summed E-state index contributed by atoms with van der Waals surface area (Å²) < 4.78 is 0. The molecule has 0 atom stereocenters. The van der Waals surface area contributed by atoms with Crippen LogP contribution in [-0.4, -0.2) is 36.9 Å². The second-order valence-corrected chi connectivity index (χ2v) is 6.74. The fourth-order valence-corrected chi connectivity index (χ4v) is 3.36. The fraction of sp³-hybridized carbons (Fsp3) is 0.333. The van der Waals surface area contributed by atoms with Crippen molar-refractivity contribution in [1.82, 2.24) is 4.90 Å². The predicted octanol–water partition coefficient (Wildman–Crippen LogP) is 3.52. The van der Waals surface area contributed by atoms with Gasteiger partial charge >= 0.3 is 0 Å². The van der Waals surface area contributed by atoms with E-state index in [2.05, 4.69) is 28.4 Å². The van der Waals surface area contributed by atoms with E-state index in [4.69, 9.17) is 0 Å². The van der Waals surface area contributed by atoms with E-state index in [1.54, 1.807) is 29.2 Å². The third kappa shape index (κ3) is 4.23. The quantitative estimate of drug-likeness (QED) is 0.897. The first-order chi connectivity index (χ1) is 12.5. The number of benzene rings is 2. The van der Waals surface area contributed by atoms with Crippen LogP contribution in [0.1, 0.15) is 35.7 Å². The Morgan fingerprint density at radius 2 is 1.69 bits per heavy atom. The zero-order chi connectivity index (χ0) is 18.5. The average Bonchev–Trinajstić information content (AvgIpc) is 3.16. The molecule has 2 aromatic rings. The van der Waals surface area contributed by atoms with Crippen LogP contribution in [0.25, 0.3) is 0 Å². The largest absolute Gasteiger partial charge is 0.371 e. The van der Waals surface area contributed by atoms with Crippen molar-refractivity contribution in [2.45, 2.75) is 26.3 Å². The van der Waals surface area contributed by atoms with Gasteiger partial charge in [-0.3, -0.25) is 9.59 Å². The first kappa shape index (κ1) is 18.0. The molecule has 5 heteroatoms. The molecule has 1 saturated heterocycles. The van der Waals surface area contributed by atoms with Crippen molar-refractivity contribution in [3.05, 3.63) is 59.7 Å². The summed E-state index contributed by atoms with van der Waals surface area (Å²) in [5.74, 6) is -0.157. The molecule has 0 bridgehead atoms. The van der Waals surface area contributed by atoms with Gasteiger partial charge in [0, 0.05) is 50.5 Å². The molecule has 1 aliphatic rings. The number of nitrogens with zero attached hydrogens (tertiary/aromatic N) is 2. The summed E-state index contributed by atoms with van der Waals surface area (Å²) in [5.41, 5.74) is 3.70. The lowest BCUT2D eigenvalue weighted by Gasteiger charge is -2.24. The minimum atomic E-state index is -0.125. The lowest BCUT2D eigenvalue weighted by atomic mass is 10.1. The zero-order valence-electron chi connectivity index (χ0n) is 15.4. The van der Waals surface area contributed by atoms with Gasteiger partial charge < -0.3 is 15.1 Å². The summed E-state index contributed by atoms with van der Waals surface area (Å²) >= 11 is 0. The van der Waals surface area contributed by atoms with Crippen LogP contribution in [0, 0.1) is 0 Å². The molecule has 1 N–H and O–H groups in total. The molecule has 1 aliphatic heterocycles. The lowest BCUT2D eigenvalue weighted by Crippen LogP contribution is -2.28. The van der Waals surface area contributed by atoms with Crippen LogP contribution in [0.15, 0.2) is 48.5 Å². The summed E-state index contributed by atoms with van der Waals surface area (Å²) in [6, 6.07) is 15.3. The molecule has 0 aliphatic carbocycles. The van der Waals surface area contributed by atoms with Crippen molar-refractivity contribution in [1.29, 1.82) is 0 Å².